The Balaban J connectivity index is 2.09. The zero-order valence-corrected chi connectivity index (χ0v) is 14.0. The first-order valence-electron chi connectivity index (χ1n) is 8.26. The van der Waals surface area contributed by atoms with Gasteiger partial charge in [0.05, 0.1) is 0 Å². The summed E-state index contributed by atoms with van der Waals surface area (Å²) in [4.78, 5) is 9.60. The van der Waals surface area contributed by atoms with Crippen LogP contribution in [0.2, 0.25) is 0 Å². The standard InChI is InChI=1S/C17H30N4/c1-5-15-10-14(12-18-6-2)11-17(19-15)21(4)13-16-8-7-9-20(16)3/h10-11,16,18H,5-9,12-13H2,1-4H3. The molecule has 1 aromatic rings. The fourth-order valence-electron chi connectivity index (χ4n) is 3.00. The Labute approximate surface area is 129 Å². The Kier molecular flexibility index (Phi) is 6.00. The van der Waals surface area contributed by atoms with Gasteiger partial charge in [0, 0.05) is 31.9 Å². The normalized spacial score (nSPS) is 19.1. The van der Waals surface area contributed by atoms with Crippen molar-refractivity contribution < 1.29 is 0 Å². The van der Waals surface area contributed by atoms with E-state index in [0.717, 1.165) is 31.9 Å². The monoisotopic (exact) mass is 290 g/mol. The molecule has 0 radical (unpaired) electrons. The van der Waals surface area contributed by atoms with Gasteiger partial charge in [0.1, 0.15) is 5.82 Å². The van der Waals surface area contributed by atoms with E-state index < -0.39 is 0 Å². The molecule has 2 rings (SSSR count). The molecule has 0 aromatic carbocycles. The van der Waals surface area contributed by atoms with Crippen LogP contribution >= 0.6 is 0 Å². The molecule has 0 aliphatic carbocycles. The van der Waals surface area contributed by atoms with Crippen molar-refractivity contribution in [3.63, 3.8) is 0 Å². The molecule has 1 atom stereocenters. The van der Waals surface area contributed by atoms with Crippen molar-refractivity contribution in [1.29, 1.82) is 0 Å². The highest BCUT2D eigenvalue weighted by Crippen LogP contribution is 2.20. The summed E-state index contributed by atoms with van der Waals surface area (Å²) in [5.74, 6) is 1.11. The van der Waals surface area contributed by atoms with E-state index in [1.54, 1.807) is 0 Å². The first-order valence-corrected chi connectivity index (χ1v) is 8.26. The maximum atomic E-state index is 4.81. The highest BCUT2D eigenvalue weighted by Gasteiger charge is 2.22. The summed E-state index contributed by atoms with van der Waals surface area (Å²) in [6, 6.07) is 5.12. The molecule has 1 aliphatic heterocycles. The summed E-state index contributed by atoms with van der Waals surface area (Å²) in [5, 5.41) is 3.41. The lowest BCUT2D eigenvalue weighted by Crippen LogP contribution is -2.37. The quantitative estimate of drug-likeness (QED) is 0.835. The number of aromatic nitrogens is 1. The van der Waals surface area contributed by atoms with Crippen molar-refractivity contribution in [2.24, 2.45) is 0 Å². The van der Waals surface area contributed by atoms with Crippen LogP contribution in [0.25, 0.3) is 0 Å². The third-order valence-electron chi connectivity index (χ3n) is 4.41. The van der Waals surface area contributed by atoms with Gasteiger partial charge in [-0.05, 0) is 57.1 Å². The second-order valence-electron chi connectivity index (χ2n) is 6.12. The van der Waals surface area contributed by atoms with Gasteiger partial charge in [0.25, 0.3) is 0 Å². The van der Waals surface area contributed by atoms with Crippen LogP contribution < -0.4 is 10.2 Å². The SMILES string of the molecule is CCNCc1cc(CC)nc(N(C)CC2CCCN2C)c1. The highest BCUT2D eigenvalue weighted by molar-refractivity contribution is 5.42. The molecule has 0 saturated carbocycles. The third-order valence-corrected chi connectivity index (χ3v) is 4.41. The van der Waals surface area contributed by atoms with E-state index in [0.29, 0.717) is 6.04 Å². The first kappa shape index (κ1) is 16.2. The van der Waals surface area contributed by atoms with Gasteiger partial charge < -0.3 is 15.1 Å². The largest absolute Gasteiger partial charge is 0.358 e. The van der Waals surface area contributed by atoms with E-state index in [-0.39, 0.29) is 0 Å². The Bertz CT molecular complexity index is 446. The Morgan fingerprint density at radius 3 is 2.81 bits per heavy atom. The summed E-state index contributed by atoms with van der Waals surface area (Å²) in [7, 11) is 4.41. The molecular weight excluding hydrogens is 260 g/mol. The van der Waals surface area contributed by atoms with Crippen LogP contribution in [0.3, 0.4) is 0 Å². The maximum Gasteiger partial charge on any atom is 0.128 e. The number of nitrogens with one attached hydrogen (secondary N) is 1. The highest BCUT2D eigenvalue weighted by atomic mass is 15.2. The fourth-order valence-corrected chi connectivity index (χ4v) is 3.00. The summed E-state index contributed by atoms with van der Waals surface area (Å²) in [6.45, 7) is 8.54. The molecule has 2 heterocycles. The summed E-state index contributed by atoms with van der Waals surface area (Å²) in [5.41, 5.74) is 2.53. The molecule has 4 heteroatoms. The van der Waals surface area contributed by atoms with Crippen LogP contribution in [-0.2, 0) is 13.0 Å². The van der Waals surface area contributed by atoms with Gasteiger partial charge in [-0.3, -0.25) is 0 Å². The number of nitrogens with zero attached hydrogens (tertiary/aromatic N) is 3. The molecule has 1 unspecified atom stereocenters. The van der Waals surface area contributed by atoms with Gasteiger partial charge in [0.2, 0.25) is 0 Å². The lowest BCUT2D eigenvalue weighted by atomic mass is 10.1. The van der Waals surface area contributed by atoms with Gasteiger partial charge >= 0.3 is 0 Å². The van der Waals surface area contributed by atoms with E-state index in [1.807, 2.05) is 0 Å². The van der Waals surface area contributed by atoms with Crippen LogP contribution in [0, 0.1) is 0 Å². The smallest absolute Gasteiger partial charge is 0.128 e. The minimum Gasteiger partial charge on any atom is -0.358 e. The van der Waals surface area contributed by atoms with E-state index in [1.165, 1.54) is 30.6 Å². The maximum absolute atomic E-state index is 4.81. The molecule has 1 N–H and O–H groups in total. The predicted octanol–water partition coefficient (Wildman–Crippen LogP) is 2.28. The fraction of sp³-hybridized carbons (Fsp3) is 0.706. The molecule has 1 saturated heterocycles. The molecule has 0 amide bonds. The van der Waals surface area contributed by atoms with E-state index in [4.69, 9.17) is 4.98 Å². The average molecular weight is 290 g/mol. The van der Waals surface area contributed by atoms with Crippen molar-refractivity contribution in [3.8, 4) is 0 Å². The summed E-state index contributed by atoms with van der Waals surface area (Å²) >= 11 is 0. The lowest BCUT2D eigenvalue weighted by molar-refractivity contribution is 0.314. The molecule has 1 fully saturated rings. The minimum atomic E-state index is 0.666. The van der Waals surface area contributed by atoms with Gasteiger partial charge in [-0.2, -0.15) is 0 Å². The topological polar surface area (TPSA) is 31.4 Å². The molecule has 1 aliphatic rings. The summed E-state index contributed by atoms with van der Waals surface area (Å²) < 4.78 is 0. The lowest BCUT2D eigenvalue weighted by Gasteiger charge is -2.27. The molecule has 4 nitrogen and oxygen atoms in total. The van der Waals surface area contributed by atoms with E-state index in [2.05, 4.69) is 55.2 Å². The van der Waals surface area contributed by atoms with Crippen molar-refractivity contribution in [1.82, 2.24) is 15.2 Å². The van der Waals surface area contributed by atoms with Crippen LogP contribution in [0.4, 0.5) is 5.82 Å². The van der Waals surface area contributed by atoms with Crippen LogP contribution in [0.5, 0.6) is 0 Å². The minimum absolute atomic E-state index is 0.666. The number of anilines is 1. The predicted molar refractivity (Wildman–Crippen MR) is 89.9 cm³/mol. The summed E-state index contributed by atoms with van der Waals surface area (Å²) in [6.07, 6.45) is 3.62. The Morgan fingerprint density at radius 1 is 1.38 bits per heavy atom. The van der Waals surface area contributed by atoms with Crippen molar-refractivity contribution in [2.45, 2.75) is 45.7 Å². The zero-order chi connectivity index (χ0) is 15.2. The van der Waals surface area contributed by atoms with Crippen LogP contribution in [-0.4, -0.2) is 49.7 Å². The number of pyridine rings is 1. The van der Waals surface area contributed by atoms with Crippen molar-refractivity contribution in [2.75, 3.05) is 38.6 Å². The number of likely N-dealkylation sites (tertiary alicyclic amines) is 1. The first-order chi connectivity index (χ1) is 10.1. The van der Waals surface area contributed by atoms with E-state index >= 15 is 0 Å². The second kappa shape index (κ2) is 7.76. The molecular formula is C17H30N4. The molecule has 0 bridgehead atoms. The molecule has 1 aromatic heterocycles. The van der Waals surface area contributed by atoms with E-state index in [9.17, 15) is 0 Å². The number of hydrogen-bond donors (Lipinski definition) is 1. The van der Waals surface area contributed by atoms with Crippen LogP contribution in [0.15, 0.2) is 12.1 Å². The van der Waals surface area contributed by atoms with Crippen LogP contribution in [0.1, 0.15) is 37.9 Å². The number of rotatable bonds is 7. The van der Waals surface area contributed by atoms with Gasteiger partial charge in [0.15, 0.2) is 0 Å². The third kappa shape index (κ3) is 4.42. The van der Waals surface area contributed by atoms with Gasteiger partial charge in [-0.15, -0.1) is 0 Å². The number of hydrogen-bond acceptors (Lipinski definition) is 4. The Hall–Kier alpha value is -1.13. The molecule has 118 valence electrons. The van der Waals surface area contributed by atoms with Crippen molar-refractivity contribution >= 4 is 5.82 Å². The molecule has 21 heavy (non-hydrogen) atoms. The van der Waals surface area contributed by atoms with Gasteiger partial charge in [-0.25, -0.2) is 4.98 Å². The van der Waals surface area contributed by atoms with Crippen molar-refractivity contribution in [3.05, 3.63) is 23.4 Å². The van der Waals surface area contributed by atoms with Gasteiger partial charge in [-0.1, -0.05) is 13.8 Å². The Morgan fingerprint density at radius 2 is 2.19 bits per heavy atom. The second-order valence-corrected chi connectivity index (χ2v) is 6.12. The zero-order valence-electron chi connectivity index (χ0n) is 14.0. The molecule has 0 spiro atoms. The number of likely N-dealkylation sites (N-methyl/N-ethyl adjacent to an activating group) is 2. The number of aryl methyl sites for hydroxylation is 1. The average Bonchev–Trinajstić information content (AvgIpc) is 2.90.